The van der Waals surface area contributed by atoms with E-state index in [4.69, 9.17) is 9.52 Å². The number of carboxylic acid groups (broad SMARTS) is 1. The number of furan rings is 1. The van der Waals surface area contributed by atoms with Crippen molar-refractivity contribution in [2.75, 3.05) is 5.32 Å². The van der Waals surface area contributed by atoms with E-state index in [1.54, 1.807) is 11.0 Å². The maximum absolute atomic E-state index is 10.8. The van der Waals surface area contributed by atoms with Crippen molar-refractivity contribution in [2.45, 2.75) is 6.54 Å². The van der Waals surface area contributed by atoms with Crippen LogP contribution < -0.4 is 5.32 Å². The molecule has 1 aromatic carbocycles. The number of benzene rings is 1. The fourth-order valence-corrected chi connectivity index (χ4v) is 1.92. The van der Waals surface area contributed by atoms with Crippen LogP contribution in [-0.2, 0) is 6.54 Å². The van der Waals surface area contributed by atoms with E-state index >= 15 is 0 Å². The average Bonchev–Trinajstić information content (AvgIpc) is 3.17. The van der Waals surface area contributed by atoms with Gasteiger partial charge in [0.25, 0.3) is 0 Å². The highest BCUT2D eigenvalue weighted by Crippen LogP contribution is 2.20. The third-order valence-electron chi connectivity index (χ3n) is 2.92. The Labute approximate surface area is 119 Å². The maximum Gasteiger partial charge on any atom is 0.338 e. The number of anilines is 1. The number of hydrogen-bond donors (Lipinski definition) is 2. The first kappa shape index (κ1) is 12.9. The smallest absolute Gasteiger partial charge is 0.338 e. The second-order valence-electron chi connectivity index (χ2n) is 4.32. The second kappa shape index (κ2) is 5.49. The molecule has 0 saturated heterocycles. The number of rotatable bonds is 5. The van der Waals surface area contributed by atoms with Crippen molar-refractivity contribution < 1.29 is 14.3 Å². The molecule has 2 heterocycles. The summed E-state index contributed by atoms with van der Waals surface area (Å²) in [5.74, 6) is -0.464. The Hall–Kier alpha value is -3.09. The van der Waals surface area contributed by atoms with Crippen molar-refractivity contribution >= 4 is 11.7 Å². The van der Waals surface area contributed by atoms with Crippen LogP contribution >= 0.6 is 0 Å². The van der Waals surface area contributed by atoms with Crippen LogP contribution in [0, 0.1) is 0 Å². The molecular formula is C14H12N4O3. The van der Waals surface area contributed by atoms with Gasteiger partial charge in [0.05, 0.1) is 23.5 Å². The van der Waals surface area contributed by atoms with Gasteiger partial charge in [-0.3, -0.25) is 0 Å². The Morgan fingerprint density at radius 1 is 1.38 bits per heavy atom. The SMILES string of the molecule is O=C(O)c1coc(CNc2ccccc2-n2cncn2)c1. The largest absolute Gasteiger partial charge is 0.478 e. The fourth-order valence-electron chi connectivity index (χ4n) is 1.92. The topological polar surface area (TPSA) is 93.2 Å². The molecule has 0 radical (unpaired) electrons. The van der Waals surface area contributed by atoms with Gasteiger partial charge >= 0.3 is 5.97 Å². The minimum absolute atomic E-state index is 0.136. The third-order valence-corrected chi connectivity index (χ3v) is 2.92. The summed E-state index contributed by atoms with van der Waals surface area (Å²) in [7, 11) is 0. The lowest BCUT2D eigenvalue weighted by atomic mass is 10.2. The van der Waals surface area contributed by atoms with Crippen molar-refractivity contribution in [1.82, 2.24) is 14.8 Å². The summed E-state index contributed by atoms with van der Waals surface area (Å²) in [4.78, 5) is 14.7. The van der Waals surface area contributed by atoms with Gasteiger partial charge in [-0.15, -0.1) is 0 Å². The molecule has 106 valence electrons. The zero-order valence-electron chi connectivity index (χ0n) is 10.9. The van der Waals surface area contributed by atoms with E-state index in [0.29, 0.717) is 12.3 Å². The molecule has 0 atom stereocenters. The van der Waals surface area contributed by atoms with Crippen LogP contribution in [0.3, 0.4) is 0 Å². The van der Waals surface area contributed by atoms with Gasteiger partial charge in [0.1, 0.15) is 24.7 Å². The Bertz CT molecular complexity index is 749. The molecule has 7 nitrogen and oxygen atoms in total. The molecule has 0 fully saturated rings. The van der Waals surface area contributed by atoms with Gasteiger partial charge in [-0.05, 0) is 18.2 Å². The molecule has 7 heteroatoms. The Morgan fingerprint density at radius 3 is 2.95 bits per heavy atom. The highest BCUT2D eigenvalue weighted by atomic mass is 16.4. The number of nitrogens with one attached hydrogen (secondary N) is 1. The number of aromatic nitrogens is 3. The zero-order chi connectivity index (χ0) is 14.7. The minimum Gasteiger partial charge on any atom is -0.478 e. The molecule has 0 aliphatic rings. The van der Waals surface area contributed by atoms with Gasteiger partial charge < -0.3 is 14.8 Å². The van der Waals surface area contributed by atoms with Gasteiger partial charge in [-0.25, -0.2) is 14.5 Å². The highest BCUT2D eigenvalue weighted by molar-refractivity contribution is 5.87. The first-order valence-corrected chi connectivity index (χ1v) is 6.22. The molecule has 0 bridgehead atoms. The molecule has 0 spiro atoms. The lowest BCUT2D eigenvalue weighted by Gasteiger charge is -2.10. The number of carbonyl (C=O) groups is 1. The molecule has 0 unspecified atom stereocenters. The summed E-state index contributed by atoms with van der Waals surface area (Å²) in [6.45, 7) is 0.374. The molecule has 2 aromatic heterocycles. The second-order valence-corrected chi connectivity index (χ2v) is 4.32. The summed E-state index contributed by atoms with van der Waals surface area (Å²) in [5.41, 5.74) is 1.83. The zero-order valence-corrected chi connectivity index (χ0v) is 10.9. The highest BCUT2D eigenvalue weighted by Gasteiger charge is 2.09. The molecular weight excluding hydrogens is 272 g/mol. The molecule has 0 saturated carbocycles. The molecule has 2 N–H and O–H groups in total. The Balaban J connectivity index is 1.77. The van der Waals surface area contributed by atoms with E-state index < -0.39 is 5.97 Å². The maximum atomic E-state index is 10.8. The van der Waals surface area contributed by atoms with Crippen LogP contribution in [0.25, 0.3) is 5.69 Å². The average molecular weight is 284 g/mol. The molecule has 3 aromatic rings. The van der Waals surface area contributed by atoms with E-state index in [2.05, 4.69) is 15.4 Å². The van der Waals surface area contributed by atoms with Gasteiger partial charge in [-0.1, -0.05) is 12.1 Å². The van der Waals surface area contributed by atoms with Crippen LogP contribution in [0.5, 0.6) is 0 Å². The summed E-state index contributed by atoms with van der Waals surface area (Å²) in [5, 5.41) is 16.1. The van der Waals surface area contributed by atoms with Crippen LogP contribution in [0.1, 0.15) is 16.1 Å². The first-order valence-electron chi connectivity index (χ1n) is 6.22. The monoisotopic (exact) mass is 284 g/mol. The van der Waals surface area contributed by atoms with Gasteiger partial charge in [0.2, 0.25) is 0 Å². The standard InChI is InChI=1S/C14H12N4O3/c19-14(20)10-5-11(21-7-10)6-16-12-3-1-2-4-13(12)18-9-15-8-17-18/h1-5,7-9,16H,6H2,(H,19,20). The minimum atomic E-state index is -1.01. The van der Waals surface area contributed by atoms with Crippen LogP contribution in [-0.4, -0.2) is 25.8 Å². The van der Waals surface area contributed by atoms with Crippen LogP contribution in [0.15, 0.2) is 53.7 Å². The van der Waals surface area contributed by atoms with E-state index in [1.807, 2.05) is 24.3 Å². The van der Waals surface area contributed by atoms with Gasteiger partial charge in [-0.2, -0.15) is 5.10 Å². The van der Waals surface area contributed by atoms with E-state index in [0.717, 1.165) is 11.4 Å². The Kier molecular flexibility index (Phi) is 3.38. The van der Waals surface area contributed by atoms with Crippen LogP contribution in [0.2, 0.25) is 0 Å². The molecule has 3 rings (SSSR count). The normalized spacial score (nSPS) is 10.5. The fraction of sp³-hybridized carbons (Fsp3) is 0.0714. The molecule has 0 aliphatic carbocycles. The number of para-hydroxylation sites is 2. The van der Waals surface area contributed by atoms with Crippen LogP contribution in [0.4, 0.5) is 5.69 Å². The third kappa shape index (κ3) is 2.76. The number of carboxylic acids is 1. The predicted molar refractivity (Wildman–Crippen MR) is 74.4 cm³/mol. The Morgan fingerprint density at radius 2 is 2.24 bits per heavy atom. The van der Waals surface area contributed by atoms with Crippen molar-refractivity contribution in [3.05, 3.63) is 60.6 Å². The van der Waals surface area contributed by atoms with Gasteiger partial charge in [0.15, 0.2) is 0 Å². The molecule has 0 amide bonds. The summed E-state index contributed by atoms with van der Waals surface area (Å²) in [6, 6.07) is 9.10. The summed E-state index contributed by atoms with van der Waals surface area (Å²) < 4.78 is 6.85. The number of aromatic carboxylic acids is 1. The lowest BCUT2D eigenvalue weighted by Crippen LogP contribution is -2.04. The van der Waals surface area contributed by atoms with Crippen molar-refractivity contribution in [1.29, 1.82) is 0 Å². The molecule has 0 aliphatic heterocycles. The van der Waals surface area contributed by atoms with Crippen molar-refractivity contribution in [2.24, 2.45) is 0 Å². The summed E-state index contributed by atoms with van der Waals surface area (Å²) >= 11 is 0. The number of hydrogen-bond acceptors (Lipinski definition) is 5. The molecule has 21 heavy (non-hydrogen) atoms. The van der Waals surface area contributed by atoms with Crippen molar-refractivity contribution in [3.8, 4) is 5.69 Å². The first-order chi connectivity index (χ1) is 10.2. The van der Waals surface area contributed by atoms with E-state index in [1.165, 1.54) is 18.7 Å². The van der Waals surface area contributed by atoms with Gasteiger partial charge in [0, 0.05) is 0 Å². The lowest BCUT2D eigenvalue weighted by molar-refractivity contribution is 0.0696. The van der Waals surface area contributed by atoms with E-state index in [9.17, 15) is 4.79 Å². The number of nitrogens with zero attached hydrogens (tertiary/aromatic N) is 3. The predicted octanol–water partition coefficient (Wildman–Crippen LogP) is 2.17. The quantitative estimate of drug-likeness (QED) is 0.745. The van der Waals surface area contributed by atoms with Crippen molar-refractivity contribution in [3.63, 3.8) is 0 Å². The summed E-state index contributed by atoms with van der Waals surface area (Å²) in [6.07, 6.45) is 4.29. The van der Waals surface area contributed by atoms with E-state index in [-0.39, 0.29) is 5.56 Å².